The number of likely N-dealkylation sites (tertiary alicyclic amines) is 1. The summed E-state index contributed by atoms with van der Waals surface area (Å²) in [4.78, 5) is 19.0. The average molecular weight is 508 g/mol. The molecule has 3 aromatic rings. The van der Waals surface area contributed by atoms with Crippen molar-refractivity contribution in [2.75, 3.05) is 26.7 Å². The topological polar surface area (TPSA) is 94.9 Å². The van der Waals surface area contributed by atoms with Crippen LogP contribution in [0.1, 0.15) is 55.3 Å². The van der Waals surface area contributed by atoms with Gasteiger partial charge in [-0.1, -0.05) is 30.3 Å². The molecule has 2 aromatic carbocycles. The van der Waals surface area contributed by atoms with Gasteiger partial charge in [0.15, 0.2) is 0 Å². The van der Waals surface area contributed by atoms with Gasteiger partial charge in [-0.2, -0.15) is 0 Å². The zero-order chi connectivity index (χ0) is 26.0. The minimum absolute atomic E-state index is 0.0843. The fraction of sp³-hybridized carbons (Fsp3) is 0.448. The maximum absolute atomic E-state index is 14.8. The number of carboxylic acid groups (broad SMARTS) is 1. The van der Waals surface area contributed by atoms with Gasteiger partial charge >= 0.3 is 5.97 Å². The van der Waals surface area contributed by atoms with E-state index < -0.39 is 23.4 Å². The number of aromatic nitrogens is 1. The van der Waals surface area contributed by atoms with Crippen LogP contribution in [0.15, 0.2) is 54.7 Å². The van der Waals surface area contributed by atoms with Crippen molar-refractivity contribution < 1.29 is 24.1 Å². The van der Waals surface area contributed by atoms with Crippen LogP contribution in [0.25, 0.3) is 10.9 Å². The number of hydrogen-bond acceptors (Lipinski definition) is 6. The Morgan fingerprint density at radius 1 is 1.22 bits per heavy atom. The smallest absolute Gasteiger partial charge is 0.323 e. The first-order valence-electron chi connectivity index (χ1n) is 13.0. The van der Waals surface area contributed by atoms with Crippen LogP contribution >= 0.6 is 0 Å². The minimum Gasteiger partial charge on any atom is -0.497 e. The van der Waals surface area contributed by atoms with Gasteiger partial charge in [0, 0.05) is 30.1 Å². The number of carbonyl (C=O) groups is 1. The van der Waals surface area contributed by atoms with Crippen LogP contribution in [0.5, 0.6) is 5.75 Å². The number of halogens is 1. The lowest BCUT2D eigenvalue weighted by molar-refractivity contribution is -0.145. The van der Waals surface area contributed by atoms with Crippen molar-refractivity contribution in [1.82, 2.24) is 15.2 Å². The van der Waals surface area contributed by atoms with Crippen LogP contribution in [0.2, 0.25) is 0 Å². The molecule has 1 saturated carbocycles. The van der Waals surface area contributed by atoms with E-state index >= 15 is 0 Å². The van der Waals surface area contributed by atoms with Gasteiger partial charge < -0.3 is 19.8 Å². The quantitative estimate of drug-likeness (QED) is 0.419. The Labute approximate surface area is 216 Å². The molecule has 1 saturated heterocycles. The lowest BCUT2D eigenvalue weighted by atomic mass is 9.75. The number of β-amino-alcohol motifs (C(OH)–C–C–N with tert-alkyl or cyclic N) is 1. The van der Waals surface area contributed by atoms with Crippen LogP contribution in [0.3, 0.4) is 0 Å². The summed E-state index contributed by atoms with van der Waals surface area (Å²) in [7, 11) is 1.52. The molecule has 7 nitrogen and oxygen atoms in total. The predicted molar refractivity (Wildman–Crippen MR) is 139 cm³/mol. The molecule has 2 aliphatic rings. The first-order chi connectivity index (χ1) is 17.9. The molecule has 0 amide bonds. The number of nitrogens with zero attached hydrogens (tertiary/aromatic N) is 2. The van der Waals surface area contributed by atoms with E-state index in [0.29, 0.717) is 48.0 Å². The van der Waals surface area contributed by atoms with E-state index in [1.807, 2.05) is 6.07 Å². The molecule has 2 atom stereocenters. The fourth-order valence-corrected chi connectivity index (χ4v) is 5.90. The molecule has 37 heavy (non-hydrogen) atoms. The second-order valence-corrected chi connectivity index (χ2v) is 10.3. The van der Waals surface area contributed by atoms with Crippen molar-refractivity contribution in [2.24, 2.45) is 0 Å². The van der Waals surface area contributed by atoms with Crippen molar-refractivity contribution in [2.45, 2.75) is 55.7 Å². The van der Waals surface area contributed by atoms with E-state index in [0.717, 1.165) is 32.0 Å². The van der Waals surface area contributed by atoms with E-state index in [1.54, 1.807) is 18.2 Å². The maximum atomic E-state index is 14.8. The number of aliphatic carboxylic acids is 1. The van der Waals surface area contributed by atoms with Crippen LogP contribution in [-0.4, -0.2) is 64.4 Å². The molecule has 5 rings (SSSR count). The number of aliphatic hydroxyl groups excluding tert-OH is 1. The molecule has 1 unspecified atom stereocenters. The van der Waals surface area contributed by atoms with Gasteiger partial charge in [-0.15, -0.1) is 0 Å². The third-order valence-corrected chi connectivity index (χ3v) is 8.22. The Morgan fingerprint density at radius 2 is 2.00 bits per heavy atom. The zero-order valence-corrected chi connectivity index (χ0v) is 21.1. The van der Waals surface area contributed by atoms with Crippen molar-refractivity contribution in [1.29, 1.82) is 0 Å². The monoisotopic (exact) mass is 507 g/mol. The number of carboxylic acids is 1. The summed E-state index contributed by atoms with van der Waals surface area (Å²) in [6, 6.07) is 16.1. The van der Waals surface area contributed by atoms with Crippen molar-refractivity contribution >= 4 is 16.9 Å². The third kappa shape index (κ3) is 5.19. The molecule has 1 aliphatic carbocycles. The van der Waals surface area contributed by atoms with E-state index in [9.17, 15) is 19.4 Å². The second kappa shape index (κ2) is 10.7. The van der Waals surface area contributed by atoms with Crippen LogP contribution in [-0.2, 0) is 4.79 Å². The standard InChI is InChI=1S/C29H34FN3O4/c1-37-22-8-9-25-23(16-22)27(24(30)17-31-25)26(34)18-32-29(28(35)36)10-5-12-33(13-11-29)21-14-20(15-21)19-6-3-2-4-7-19/h2-4,6-9,16-17,20-21,26,32,34H,5,10-15,18H2,1H3,(H,35,36)/t20?,21?,26-,29?/m1/s1. The Morgan fingerprint density at radius 3 is 2.73 bits per heavy atom. The molecule has 2 heterocycles. The molecular weight excluding hydrogens is 473 g/mol. The molecule has 0 spiro atoms. The van der Waals surface area contributed by atoms with Gasteiger partial charge in [0.2, 0.25) is 0 Å². The van der Waals surface area contributed by atoms with Gasteiger partial charge in [-0.05, 0) is 68.3 Å². The number of rotatable bonds is 8. The van der Waals surface area contributed by atoms with Crippen LogP contribution in [0, 0.1) is 5.82 Å². The Balaban J connectivity index is 1.26. The molecule has 0 bridgehead atoms. The minimum atomic E-state index is -1.24. The number of aliphatic hydroxyl groups is 1. The van der Waals surface area contributed by atoms with Gasteiger partial charge in [0.1, 0.15) is 17.1 Å². The lowest BCUT2D eigenvalue weighted by Crippen LogP contribution is -2.54. The van der Waals surface area contributed by atoms with Gasteiger partial charge in [0.25, 0.3) is 0 Å². The van der Waals surface area contributed by atoms with Gasteiger partial charge in [-0.3, -0.25) is 15.1 Å². The summed E-state index contributed by atoms with van der Waals surface area (Å²) in [5.74, 6) is -0.475. The van der Waals surface area contributed by atoms with Gasteiger partial charge in [0.05, 0.1) is 24.9 Å². The number of fused-ring (bicyclic) bond motifs is 1. The van der Waals surface area contributed by atoms with Crippen molar-refractivity contribution in [3.63, 3.8) is 0 Å². The summed E-state index contributed by atoms with van der Waals surface area (Å²) < 4.78 is 20.1. The normalized spacial score (nSPS) is 25.3. The highest BCUT2D eigenvalue weighted by molar-refractivity contribution is 5.84. The number of benzene rings is 2. The number of methoxy groups -OCH3 is 1. The maximum Gasteiger partial charge on any atom is 0.323 e. The number of ether oxygens (including phenoxy) is 1. The summed E-state index contributed by atoms with van der Waals surface area (Å²) in [5, 5.41) is 24.8. The molecule has 0 radical (unpaired) electrons. The van der Waals surface area contributed by atoms with Crippen LogP contribution < -0.4 is 10.1 Å². The lowest BCUT2D eigenvalue weighted by Gasteiger charge is -2.43. The van der Waals surface area contributed by atoms with E-state index in [2.05, 4.69) is 39.5 Å². The highest BCUT2D eigenvalue weighted by atomic mass is 19.1. The van der Waals surface area contributed by atoms with Crippen LogP contribution in [0.4, 0.5) is 4.39 Å². The summed E-state index contributed by atoms with van der Waals surface area (Å²) in [6.07, 6.45) is 3.65. The highest BCUT2D eigenvalue weighted by Crippen LogP contribution is 2.41. The first-order valence-corrected chi connectivity index (χ1v) is 13.0. The summed E-state index contributed by atoms with van der Waals surface area (Å²) >= 11 is 0. The molecule has 3 N–H and O–H groups in total. The molecule has 1 aromatic heterocycles. The molecule has 2 fully saturated rings. The number of pyridine rings is 1. The highest BCUT2D eigenvalue weighted by Gasteiger charge is 2.43. The van der Waals surface area contributed by atoms with E-state index in [-0.39, 0.29) is 12.1 Å². The zero-order valence-electron chi connectivity index (χ0n) is 21.1. The molecule has 8 heteroatoms. The van der Waals surface area contributed by atoms with E-state index in [1.165, 1.54) is 12.7 Å². The average Bonchev–Trinajstić information content (AvgIpc) is 3.10. The Hall–Kier alpha value is -3.07. The Bertz CT molecular complexity index is 1250. The molecular formula is C29H34FN3O4. The molecule has 196 valence electrons. The summed E-state index contributed by atoms with van der Waals surface area (Å²) in [5.41, 5.74) is 0.824. The largest absolute Gasteiger partial charge is 0.497 e. The van der Waals surface area contributed by atoms with Crippen molar-refractivity contribution in [3.05, 3.63) is 71.7 Å². The second-order valence-electron chi connectivity index (χ2n) is 10.3. The van der Waals surface area contributed by atoms with E-state index in [4.69, 9.17) is 4.74 Å². The third-order valence-electron chi connectivity index (χ3n) is 8.22. The fourth-order valence-electron chi connectivity index (χ4n) is 5.90. The SMILES string of the molecule is COc1ccc2ncc(F)c([C@H](O)CNC3(C(=O)O)CCCN(C4CC(c5ccccc5)C4)CC3)c2c1. The summed E-state index contributed by atoms with van der Waals surface area (Å²) in [6.45, 7) is 1.44. The molecule has 1 aliphatic heterocycles. The predicted octanol–water partition coefficient (Wildman–Crippen LogP) is 4.26. The first kappa shape index (κ1) is 25.6. The van der Waals surface area contributed by atoms with Crippen molar-refractivity contribution in [3.8, 4) is 5.75 Å². The number of nitrogens with one attached hydrogen (secondary N) is 1. The number of hydrogen-bond donors (Lipinski definition) is 3. The van der Waals surface area contributed by atoms with Gasteiger partial charge in [-0.25, -0.2) is 4.39 Å². The Kier molecular flexibility index (Phi) is 7.42.